The molecule has 0 spiro atoms. The van der Waals surface area contributed by atoms with Crippen molar-refractivity contribution < 1.29 is 27.9 Å². The fourth-order valence-corrected chi connectivity index (χ4v) is 3.75. The minimum Gasteiger partial charge on any atom is -0.493 e. The minimum atomic E-state index is -2.94. The molecule has 160 valence electrons. The monoisotopic (exact) mass is 411 g/mol. The number of aliphatic hydroxyl groups excluding tert-OH is 1. The Morgan fingerprint density at radius 1 is 1.24 bits per heavy atom. The third-order valence-electron chi connectivity index (χ3n) is 5.21. The van der Waals surface area contributed by atoms with E-state index in [9.17, 15) is 13.9 Å². The molecule has 0 radical (unpaired) electrons. The summed E-state index contributed by atoms with van der Waals surface area (Å²) in [5, 5.41) is 14.4. The van der Waals surface area contributed by atoms with Gasteiger partial charge in [0.2, 0.25) is 11.7 Å². The largest absolute Gasteiger partial charge is 0.493 e. The number of nitrogens with zero attached hydrogens (tertiary/aromatic N) is 3. The van der Waals surface area contributed by atoms with Gasteiger partial charge in [0.25, 0.3) is 0 Å². The van der Waals surface area contributed by atoms with Gasteiger partial charge in [-0.2, -0.15) is 13.8 Å². The molecule has 1 aromatic heterocycles. The second kappa shape index (κ2) is 9.49. The van der Waals surface area contributed by atoms with Crippen molar-refractivity contribution in [1.82, 2.24) is 15.0 Å². The molecule has 7 nitrogen and oxygen atoms in total. The topological polar surface area (TPSA) is 80.9 Å². The van der Waals surface area contributed by atoms with Crippen LogP contribution in [0.25, 0.3) is 11.4 Å². The first-order valence-corrected chi connectivity index (χ1v) is 9.78. The molecule has 2 atom stereocenters. The number of alkyl halides is 2. The highest BCUT2D eigenvalue weighted by Crippen LogP contribution is 2.33. The Morgan fingerprint density at radius 3 is 2.66 bits per heavy atom. The Bertz CT molecular complexity index is 800. The van der Waals surface area contributed by atoms with Crippen LogP contribution in [0.4, 0.5) is 8.78 Å². The molecule has 1 aliphatic rings. The Kier molecular flexibility index (Phi) is 7.02. The van der Waals surface area contributed by atoms with Crippen molar-refractivity contribution in [1.29, 1.82) is 0 Å². The average Bonchev–Trinajstić information content (AvgIpc) is 3.15. The van der Waals surface area contributed by atoms with E-state index in [-0.39, 0.29) is 29.7 Å². The zero-order valence-corrected chi connectivity index (χ0v) is 16.8. The van der Waals surface area contributed by atoms with Crippen molar-refractivity contribution in [2.75, 3.05) is 7.11 Å². The molecular weight excluding hydrogens is 384 g/mol. The summed E-state index contributed by atoms with van der Waals surface area (Å²) in [7, 11) is 1.37. The van der Waals surface area contributed by atoms with Crippen LogP contribution in [0.5, 0.6) is 11.5 Å². The van der Waals surface area contributed by atoms with Gasteiger partial charge in [-0.1, -0.05) is 18.0 Å². The molecule has 1 N–H and O–H groups in total. The number of benzene rings is 1. The quantitative estimate of drug-likeness (QED) is 0.706. The predicted molar refractivity (Wildman–Crippen MR) is 102 cm³/mol. The van der Waals surface area contributed by atoms with Gasteiger partial charge in [0.05, 0.1) is 19.8 Å². The van der Waals surface area contributed by atoms with Gasteiger partial charge in [0.1, 0.15) is 0 Å². The van der Waals surface area contributed by atoms with Crippen LogP contribution >= 0.6 is 0 Å². The van der Waals surface area contributed by atoms with E-state index in [1.807, 2.05) is 0 Å². The lowest BCUT2D eigenvalue weighted by Crippen LogP contribution is -2.48. The van der Waals surface area contributed by atoms with Crippen LogP contribution in [0.1, 0.15) is 45.4 Å². The van der Waals surface area contributed by atoms with Gasteiger partial charge in [-0.3, -0.25) is 4.90 Å². The number of aromatic nitrogens is 2. The summed E-state index contributed by atoms with van der Waals surface area (Å²) < 4.78 is 40.0. The highest BCUT2D eigenvalue weighted by molar-refractivity contribution is 5.60. The summed E-state index contributed by atoms with van der Waals surface area (Å²) in [4.78, 5) is 6.62. The molecule has 29 heavy (non-hydrogen) atoms. The Labute approximate surface area is 168 Å². The van der Waals surface area contributed by atoms with Gasteiger partial charge in [0.15, 0.2) is 11.5 Å². The predicted octanol–water partition coefficient (Wildman–Crippen LogP) is 3.86. The first-order chi connectivity index (χ1) is 13.9. The molecule has 1 saturated carbocycles. The van der Waals surface area contributed by atoms with E-state index in [1.54, 1.807) is 6.07 Å². The van der Waals surface area contributed by atoms with Crippen LogP contribution < -0.4 is 9.47 Å². The number of rotatable bonds is 8. The lowest BCUT2D eigenvalue weighted by molar-refractivity contribution is -0.0512. The Morgan fingerprint density at radius 2 is 2.00 bits per heavy atom. The van der Waals surface area contributed by atoms with Crippen LogP contribution in [0.3, 0.4) is 0 Å². The standard InChI is InChI=1S/C20H27F2N3O4/c1-12(2)25(14-6-4-5-7-15(14)26)11-18-23-19(24-29-18)13-8-9-16(28-20(21)22)17(10-13)27-3/h8-10,12,14-15,20,26H,4-7,11H2,1-3H3/t14-,15+/m1/s1. The van der Waals surface area contributed by atoms with Crippen LogP contribution in [-0.4, -0.2) is 52.1 Å². The summed E-state index contributed by atoms with van der Waals surface area (Å²) in [6, 6.07) is 4.74. The second-order valence-electron chi connectivity index (χ2n) is 7.44. The zero-order chi connectivity index (χ0) is 21.0. The molecule has 1 aromatic carbocycles. The summed E-state index contributed by atoms with van der Waals surface area (Å²) in [5.41, 5.74) is 0.562. The van der Waals surface area contributed by atoms with Crippen LogP contribution in [0, 0.1) is 0 Å². The third-order valence-corrected chi connectivity index (χ3v) is 5.21. The normalized spacial score (nSPS) is 19.9. The van der Waals surface area contributed by atoms with E-state index >= 15 is 0 Å². The number of halogens is 2. The SMILES string of the molecule is COc1cc(-c2noc(CN(C(C)C)[C@@H]3CCCC[C@@H]3O)n2)ccc1OC(F)F. The molecule has 3 rings (SSSR count). The maximum Gasteiger partial charge on any atom is 0.387 e. The molecule has 1 fully saturated rings. The van der Waals surface area contributed by atoms with Crippen LogP contribution in [0.2, 0.25) is 0 Å². The lowest BCUT2D eigenvalue weighted by Gasteiger charge is -2.39. The number of hydrogen-bond acceptors (Lipinski definition) is 7. The molecule has 1 aliphatic carbocycles. The maximum absolute atomic E-state index is 12.5. The van der Waals surface area contributed by atoms with Crippen molar-refractivity contribution in [2.24, 2.45) is 0 Å². The molecule has 0 bridgehead atoms. The van der Waals surface area contributed by atoms with E-state index in [0.717, 1.165) is 25.7 Å². The van der Waals surface area contributed by atoms with Crippen molar-refractivity contribution in [2.45, 2.75) is 70.9 Å². The number of aliphatic hydroxyl groups is 1. The van der Waals surface area contributed by atoms with E-state index in [0.29, 0.717) is 23.8 Å². The fourth-order valence-electron chi connectivity index (χ4n) is 3.75. The molecule has 9 heteroatoms. The van der Waals surface area contributed by atoms with Crippen molar-refractivity contribution in [3.63, 3.8) is 0 Å². The summed E-state index contributed by atoms with van der Waals surface area (Å²) >= 11 is 0. The smallest absolute Gasteiger partial charge is 0.387 e. The maximum atomic E-state index is 12.5. The number of methoxy groups -OCH3 is 1. The molecule has 1 heterocycles. The van der Waals surface area contributed by atoms with E-state index in [4.69, 9.17) is 9.26 Å². The zero-order valence-electron chi connectivity index (χ0n) is 16.8. The molecule has 0 aliphatic heterocycles. The van der Waals surface area contributed by atoms with E-state index in [1.165, 1.54) is 19.2 Å². The molecular formula is C20H27F2N3O4. The number of hydrogen-bond donors (Lipinski definition) is 1. The van der Waals surface area contributed by atoms with Crippen molar-refractivity contribution >= 4 is 0 Å². The Hall–Kier alpha value is -2.26. The summed E-state index contributed by atoms with van der Waals surface area (Å²) in [5.74, 6) is 0.851. The van der Waals surface area contributed by atoms with Crippen molar-refractivity contribution in [3.05, 3.63) is 24.1 Å². The van der Waals surface area contributed by atoms with Crippen molar-refractivity contribution in [3.8, 4) is 22.9 Å². The lowest BCUT2D eigenvalue weighted by atomic mass is 9.90. The highest BCUT2D eigenvalue weighted by Gasteiger charge is 2.31. The first-order valence-electron chi connectivity index (χ1n) is 9.78. The molecule has 2 aromatic rings. The highest BCUT2D eigenvalue weighted by atomic mass is 19.3. The fraction of sp³-hybridized carbons (Fsp3) is 0.600. The summed E-state index contributed by atoms with van der Waals surface area (Å²) in [6.07, 6.45) is 3.51. The van der Waals surface area contributed by atoms with Gasteiger partial charge in [0, 0.05) is 17.6 Å². The van der Waals surface area contributed by atoms with E-state index in [2.05, 4.69) is 33.6 Å². The number of ether oxygens (including phenoxy) is 2. The van der Waals surface area contributed by atoms with E-state index < -0.39 is 6.61 Å². The average molecular weight is 411 g/mol. The second-order valence-corrected chi connectivity index (χ2v) is 7.44. The van der Waals surface area contributed by atoms with Gasteiger partial charge < -0.3 is 19.1 Å². The third kappa shape index (κ3) is 5.22. The summed E-state index contributed by atoms with van der Waals surface area (Å²) in [6.45, 7) is 1.63. The minimum absolute atomic E-state index is 0.0602. The van der Waals surface area contributed by atoms with Gasteiger partial charge in [-0.05, 0) is 44.9 Å². The molecule has 0 saturated heterocycles. The van der Waals surface area contributed by atoms with Gasteiger partial charge >= 0.3 is 6.61 Å². The van der Waals surface area contributed by atoms with Crippen LogP contribution in [0.15, 0.2) is 22.7 Å². The molecule has 0 unspecified atom stereocenters. The Balaban J connectivity index is 1.77. The van der Waals surface area contributed by atoms with Crippen LogP contribution in [-0.2, 0) is 6.54 Å². The first kappa shape index (κ1) is 21.4. The van der Waals surface area contributed by atoms with Gasteiger partial charge in [-0.25, -0.2) is 0 Å². The molecule has 0 amide bonds. The van der Waals surface area contributed by atoms with Gasteiger partial charge in [-0.15, -0.1) is 0 Å².